The molecule has 0 aliphatic heterocycles. The maximum Gasteiger partial charge on any atom is 0.334 e. The largest absolute Gasteiger partial charge is 0.463 e. The van der Waals surface area contributed by atoms with Crippen molar-refractivity contribution >= 4 is 11.9 Å². The molecule has 0 rings (SSSR count). The molecule has 0 aromatic carbocycles. The van der Waals surface area contributed by atoms with Gasteiger partial charge in [-0.2, -0.15) is 0 Å². The standard InChI is InChI=1S/C13H22O4/c1-5-9-11(13(15)17-8-4)10(6-2)12(14)16-7-3/h5-9H2,1-4H3. The lowest BCUT2D eigenvalue weighted by Gasteiger charge is -2.11. The van der Waals surface area contributed by atoms with Crippen LogP contribution in [-0.4, -0.2) is 25.2 Å². The molecule has 98 valence electrons. The molecule has 17 heavy (non-hydrogen) atoms. The SMILES string of the molecule is CCCC(C(=O)OCC)=C(CC)C(=O)OCC. The molecule has 0 spiro atoms. The van der Waals surface area contributed by atoms with Crippen LogP contribution in [0.15, 0.2) is 11.1 Å². The topological polar surface area (TPSA) is 52.6 Å². The van der Waals surface area contributed by atoms with Gasteiger partial charge in [-0.05, 0) is 26.7 Å². The van der Waals surface area contributed by atoms with Gasteiger partial charge in [-0.3, -0.25) is 0 Å². The van der Waals surface area contributed by atoms with Crippen LogP contribution < -0.4 is 0 Å². The van der Waals surface area contributed by atoms with Crippen LogP contribution >= 0.6 is 0 Å². The molecule has 4 heteroatoms. The lowest BCUT2D eigenvalue weighted by molar-refractivity contribution is -0.142. The van der Waals surface area contributed by atoms with Gasteiger partial charge >= 0.3 is 11.9 Å². The number of rotatable bonds is 7. The van der Waals surface area contributed by atoms with E-state index >= 15 is 0 Å². The molecule has 4 nitrogen and oxygen atoms in total. The van der Waals surface area contributed by atoms with E-state index in [2.05, 4.69) is 0 Å². The van der Waals surface area contributed by atoms with Crippen molar-refractivity contribution in [3.05, 3.63) is 11.1 Å². The second-order valence-electron chi connectivity index (χ2n) is 3.50. The molecule has 0 heterocycles. The van der Waals surface area contributed by atoms with E-state index in [1.807, 2.05) is 13.8 Å². The highest BCUT2D eigenvalue weighted by atomic mass is 16.5. The second-order valence-corrected chi connectivity index (χ2v) is 3.50. The van der Waals surface area contributed by atoms with Crippen molar-refractivity contribution < 1.29 is 19.1 Å². The summed E-state index contributed by atoms with van der Waals surface area (Å²) in [6.45, 7) is 7.90. The molecule has 0 atom stereocenters. The van der Waals surface area contributed by atoms with Gasteiger partial charge in [0.05, 0.1) is 13.2 Å². The van der Waals surface area contributed by atoms with Crippen molar-refractivity contribution in [1.29, 1.82) is 0 Å². The van der Waals surface area contributed by atoms with Crippen LogP contribution in [0.5, 0.6) is 0 Å². The van der Waals surface area contributed by atoms with E-state index in [0.717, 1.165) is 6.42 Å². The molecule has 0 fully saturated rings. The Labute approximate surface area is 103 Å². The minimum absolute atomic E-state index is 0.310. The van der Waals surface area contributed by atoms with Crippen LogP contribution in [0.25, 0.3) is 0 Å². The zero-order valence-corrected chi connectivity index (χ0v) is 11.2. The van der Waals surface area contributed by atoms with E-state index in [-0.39, 0.29) is 0 Å². The Kier molecular flexibility index (Phi) is 8.11. The van der Waals surface area contributed by atoms with Gasteiger partial charge in [-0.25, -0.2) is 9.59 Å². The van der Waals surface area contributed by atoms with Gasteiger partial charge in [0.2, 0.25) is 0 Å². The summed E-state index contributed by atoms with van der Waals surface area (Å²) in [5, 5.41) is 0. The van der Waals surface area contributed by atoms with Crippen LogP contribution in [0.3, 0.4) is 0 Å². The average molecular weight is 242 g/mol. The zero-order valence-electron chi connectivity index (χ0n) is 11.2. The summed E-state index contributed by atoms with van der Waals surface area (Å²) in [5.41, 5.74) is 0.891. The monoisotopic (exact) mass is 242 g/mol. The number of ether oxygens (including phenoxy) is 2. The summed E-state index contributed by atoms with van der Waals surface area (Å²) >= 11 is 0. The van der Waals surface area contributed by atoms with Crippen molar-refractivity contribution in [3.8, 4) is 0 Å². The zero-order chi connectivity index (χ0) is 13.3. The number of esters is 2. The van der Waals surface area contributed by atoms with Crippen LogP contribution in [0, 0.1) is 0 Å². The molecule has 0 unspecified atom stereocenters. The molecule has 0 aromatic rings. The van der Waals surface area contributed by atoms with Crippen molar-refractivity contribution in [2.75, 3.05) is 13.2 Å². The second kappa shape index (κ2) is 8.79. The quantitative estimate of drug-likeness (QED) is 0.508. The summed E-state index contributed by atoms with van der Waals surface area (Å²) in [6.07, 6.45) is 1.81. The third-order valence-corrected chi connectivity index (χ3v) is 2.26. The van der Waals surface area contributed by atoms with E-state index in [1.165, 1.54) is 0 Å². The van der Waals surface area contributed by atoms with E-state index in [1.54, 1.807) is 13.8 Å². The summed E-state index contributed by atoms with van der Waals surface area (Å²) in [4.78, 5) is 23.5. The molecular formula is C13H22O4. The average Bonchev–Trinajstić information content (AvgIpc) is 2.29. The molecule has 0 amide bonds. The van der Waals surface area contributed by atoms with Crippen molar-refractivity contribution in [1.82, 2.24) is 0 Å². The highest BCUT2D eigenvalue weighted by Gasteiger charge is 2.20. The van der Waals surface area contributed by atoms with Gasteiger partial charge in [0.15, 0.2) is 0 Å². The number of carbonyl (C=O) groups excluding carboxylic acids is 2. The first-order chi connectivity index (χ1) is 8.12. The lowest BCUT2D eigenvalue weighted by Crippen LogP contribution is -2.16. The van der Waals surface area contributed by atoms with Crippen LogP contribution in [0.1, 0.15) is 47.0 Å². The van der Waals surface area contributed by atoms with Crippen molar-refractivity contribution in [3.63, 3.8) is 0 Å². The predicted molar refractivity (Wildman–Crippen MR) is 65.5 cm³/mol. The summed E-state index contributed by atoms with van der Waals surface area (Å²) in [5.74, 6) is -0.814. The van der Waals surface area contributed by atoms with E-state index < -0.39 is 11.9 Å². The first-order valence-electron chi connectivity index (χ1n) is 6.18. The number of hydrogen-bond acceptors (Lipinski definition) is 4. The molecule has 0 bridgehead atoms. The Bertz CT molecular complexity index is 292. The number of carbonyl (C=O) groups is 2. The molecule has 0 aromatic heterocycles. The van der Waals surface area contributed by atoms with Crippen LogP contribution in [-0.2, 0) is 19.1 Å². The summed E-state index contributed by atoms with van der Waals surface area (Å²) in [7, 11) is 0. The Morgan fingerprint density at radius 3 is 1.65 bits per heavy atom. The lowest BCUT2D eigenvalue weighted by atomic mass is 10.0. The minimum atomic E-state index is -0.411. The van der Waals surface area contributed by atoms with Gasteiger partial charge in [0, 0.05) is 11.1 Å². The first kappa shape index (κ1) is 15.7. The summed E-state index contributed by atoms with van der Waals surface area (Å²) in [6, 6.07) is 0. The molecule has 0 saturated carbocycles. The van der Waals surface area contributed by atoms with E-state index in [0.29, 0.717) is 37.2 Å². The van der Waals surface area contributed by atoms with Gasteiger partial charge in [0.1, 0.15) is 0 Å². The number of hydrogen-bond donors (Lipinski definition) is 0. The Morgan fingerprint density at radius 2 is 1.29 bits per heavy atom. The Hall–Kier alpha value is -1.32. The first-order valence-corrected chi connectivity index (χ1v) is 6.18. The summed E-state index contributed by atoms with van der Waals surface area (Å²) < 4.78 is 9.91. The maximum absolute atomic E-state index is 11.8. The minimum Gasteiger partial charge on any atom is -0.463 e. The van der Waals surface area contributed by atoms with Gasteiger partial charge in [-0.15, -0.1) is 0 Å². The highest BCUT2D eigenvalue weighted by Crippen LogP contribution is 2.17. The fraction of sp³-hybridized carbons (Fsp3) is 0.692. The van der Waals surface area contributed by atoms with Gasteiger partial charge < -0.3 is 9.47 Å². The highest BCUT2D eigenvalue weighted by molar-refractivity contribution is 6.00. The predicted octanol–water partition coefficient (Wildman–Crippen LogP) is 2.62. The molecular weight excluding hydrogens is 220 g/mol. The van der Waals surface area contributed by atoms with Crippen LogP contribution in [0.4, 0.5) is 0 Å². The maximum atomic E-state index is 11.8. The third-order valence-electron chi connectivity index (χ3n) is 2.26. The van der Waals surface area contributed by atoms with Gasteiger partial charge in [0.25, 0.3) is 0 Å². The molecule has 0 aliphatic carbocycles. The Balaban J connectivity index is 5.14. The van der Waals surface area contributed by atoms with E-state index in [9.17, 15) is 9.59 Å². The molecule has 0 radical (unpaired) electrons. The van der Waals surface area contributed by atoms with E-state index in [4.69, 9.17) is 9.47 Å². The van der Waals surface area contributed by atoms with Gasteiger partial charge in [-0.1, -0.05) is 20.3 Å². The fourth-order valence-corrected chi connectivity index (χ4v) is 1.54. The normalized spacial score (nSPS) is 11.8. The van der Waals surface area contributed by atoms with Crippen molar-refractivity contribution in [2.24, 2.45) is 0 Å². The molecule has 0 saturated heterocycles. The molecule has 0 aliphatic rings. The molecule has 0 N–H and O–H groups in total. The fourth-order valence-electron chi connectivity index (χ4n) is 1.54. The van der Waals surface area contributed by atoms with Crippen molar-refractivity contribution in [2.45, 2.75) is 47.0 Å². The Morgan fingerprint density at radius 1 is 0.824 bits per heavy atom. The third kappa shape index (κ3) is 5.02. The smallest absolute Gasteiger partial charge is 0.334 e. The van der Waals surface area contributed by atoms with Crippen LogP contribution in [0.2, 0.25) is 0 Å².